The summed E-state index contributed by atoms with van der Waals surface area (Å²) in [7, 11) is 1.57. The van der Waals surface area contributed by atoms with Crippen molar-refractivity contribution in [3.63, 3.8) is 0 Å². The van der Waals surface area contributed by atoms with Gasteiger partial charge in [-0.1, -0.05) is 0 Å². The van der Waals surface area contributed by atoms with E-state index in [1.165, 1.54) is 25.7 Å². The highest BCUT2D eigenvalue weighted by atomic mass is 16.5. The van der Waals surface area contributed by atoms with Gasteiger partial charge in [0.25, 0.3) is 0 Å². The van der Waals surface area contributed by atoms with E-state index < -0.39 is 0 Å². The zero-order valence-corrected chi connectivity index (χ0v) is 11.1. The van der Waals surface area contributed by atoms with E-state index >= 15 is 0 Å². The third-order valence-corrected chi connectivity index (χ3v) is 3.78. The van der Waals surface area contributed by atoms with Crippen molar-refractivity contribution in [3.05, 3.63) is 18.3 Å². The van der Waals surface area contributed by atoms with Crippen molar-refractivity contribution < 1.29 is 9.53 Å². The quantitative estimate of drug-likeness (QED) is 0.855. The SMILES string of the molecule is COc1cccnc1NC(=O)NC(C1CC1)C1CC1. The maximum absolute atomic E-state index is 12.0. The number of anilines is 1. The molecule has 0 aliphatic heterocycles. The fourth-order valence-corrected chi connectivity index (χ4v) is 2.48. The molecule has 2 N–H and O–H groups in total. The zero-order valence-electron chi connectivity index (χ0n) is 11.1. The molecule has 0 aromatic carbocycles. The molecule has 2 aliphatic carbocycles. The molecule has 2 fully saturated rings. The first-order valence-electron chi connectivity index (χ1n) is 6.84. The predicted molar refractivity (Wildman–Crippen MR) is 72.2 cm³/mol. The van der Waals surface area contributed by atoms with Gasteiger partial charge in [-0.3, -0.25) is 5.32 Å². The number of carbonyl (C=O) groups is 1. The Bertz CT molecular complexity index is 458. The molecule has 2 aliphatic rings. The second-order valence-electron chi connectivity index (χ2n) is 5.35. The Morgan fingerprint density at radius 3 is 2.63 bits per heavy atom. The number of rotatable bonds is 5. The number of aromatic nitrogens is 1. The first kappa shape index (κ1) is 12.3. The van der Waals surface area contributed by atoms with Crippen LogP contribution in [0.1, 0.15) is 25.7 Å². The normalized spacial score (nSPS) is 18.2. The first-order valence-corrected chi connectivity index (χ1v) is 6.84. The van der Waals surface area contributed by atoms with Crippen molar-refractivity contribution in [3.8, 4) is 5.75 Å². The van der Waals surface area contributed by atoms with Crippen molar-refractivity contribution in [2.45, 2.75) is 31.7 Å². The summed E-state index contributed by atoms with van der Waals surface area (Å²) in [6.07, 6.45) is 6.61. The molecule has 2 saturated carbocycles. The molecular weight excluding hydrogens is 242 g/mol. The van der Waals surface area contributed by atoms with Crippen molar-refractivity contribution >= 4 is 11.8 Å². The standard InChI is InChI=1S/C14H19N3O2/c1-19-11-3-2-8-15-13(11)17-14(18)16-12(9-4-5-9)10-6-7-10/h2-3,8-10,12H,4-7H2,1H3,(H2,15,16,17,18). The lowest BCUT2D eigenvalue weighted by atomic mass is 10.1. The first-order chi connectivity index (χ1) is 9.28. The summed E-state index contributed by atoms with van der Waals surface area (Å²) in [5.74, 6) is 2.41. The maximum atomic E-state index is 12.0. The molecule has 0 saturated heterocycles. The number of nitrogens with zero attached hydrogens (tertiary/aromatic N) is 1. The smallest absolute Gasteiger partial charge is 0.320 e. The van der Waals surface area contributed by atoms with Crippen LogP contribution in [-0.2, 0) is 0 Å². The Kier molecular flexibility index (Phi) is 3.27. The summed E-state index contributed by atoms with van der Waals surface area (Å²) < 4.78 is 5.17. The van der Waals surface area contributed by atoms with Crippen LogP contribution in [0, 0.1) is 11.8 Å². The van der Waals surface area contributed by atoms with Gasteiger partial charge >= 0.3 is 6.03 Å². The van der Waals surface area contributed by atoms with Crippen LogP contribution in [0.4, 0.5) is 10.6 Å². The largest absolute Gasteiger partial charge is 0.493 e. The van der Waals surface area contributed by atoms with Crippen molar-refractivity contribution in [1.29, 1.82) is 0 Å². The Morgan fingerprint density at radius 2 is 2.05 bits per heavy atom. The van der Waals surface area contributed by atoms with Gasteiger partial charge in [0, 0.05) is 12.2 Å². The Balaban J connectivity index is 1.60. The van der Waals surface area contributed by atoms with E-state index in [9.17, 15) is 4.79 Å². The van der Waals surface area contributed by atoms with Crippen LogP contribution < -0.4 is 15.4 Å². The summed E-state index contributed by atoms with van der Waals surface area (Å²) in [6, 6.07) is 3.72. The van der Waals surface area contributed by atoms with Gasteiger partial charge in [-0.05, 0) is 49.7 Å². The summed E-state index contributed by atoms with van der Waals surface area (Å²) >= 11 is 0. The Hall–Kier alpha value is -1.78. The minimum absolute atomic E-state index is 0.180. The van der Waals surface area contributed by atoms with Gasteiger partial charge in [0.2, 0.25) is 0 Å². The molecule has 2 amide bonds. The fourth-order valence-electron chi connectivity index (χ4n) is 2.48. The second-order valence-corrected chi connectivity index (χ2v) is 5.35. The molecule has 1 aromatic heterocycles. The molecule has 0 unspecified atom stereocenters. The van der Waals surface area contributed by atoms with E-state index in [-0.39, 0.29) is 6.03 Å². The van der Waals surface area contributed by atoms with Crippen LogP contribution in [0.15, 0.2) is 18.3 Å². The highest BCUT2D eigenvalue weighted by molar-refractivity contribution is 5.89. The Morgan fingerprint density at radius 1 is 1.37 bits per heavy atom. The lowest BCUT2D eigenvalue weighted by Crippen LogP contribution is -2.40. The number of ether oxygens (including phenoxy) is 1. The monoisotopic (exact) mass is 261 g/mol. The van der Waals surface area contributed by atoms with Gasteiger partial charge in [-0.2, -0.15) is 0 Å². The number of hydrogen-bond donors (Lipinski definition) is 2. The lowest BCUT2D eigenvalue weighted by Gasteiger charge is -2.18. The molecule has 0 atom stereocenters. The number of urea groups is 1. The molecular formula is C14H19N3O2. The third kappa shape index (κ3) is 2.97. The molecule has 3 rings (SSSR count). The summed E-state index contributed by atoms with van der Waals surface area (Å²) in [4.78, 5) is 16.2. The Labute approximate surface area is 112 Å². The average Bonchev–Trinajstić information content (AvgIpc) is 3.30. The number of hydrogen-bond acceptors (Lipinski definition) is 3. The molecule has 19 heavy (non-hydrogen) atoms. The van der Waals surface area contributed by atoms with Crippen LogP contribution in [0.25, 0.3) is 0 Å². The zero-order chi connectivity index (χ0) is 13.2. The summed E-state index contributed by atoms with van der Waals surface area (Å²) in [5, 5.41) is 5.87. The molecule has 5 nitrogen and oxygen atoms in total. The van der Waals surface area contributed by atoms with Gasteiger partial charge in [0.05, 0.1) is 7.11 Å². The minimum Gasteiger partial charge on any atom is -0.493 e. The molecule has 0 spiro atoms. The van der Waals surface area contributed by atoms with Crippen molar-refractivity contribution in [2.75, 3.05) is 12.4 Å². The lowest BCUT2D eigenvalue weighted by molar-refractivity contribution is 0.244. The van der Waals surface area contributed by atoms with E-state index in [1.807, 2.05) is 0 Å². The maximum Gasteiger partial charge on any atom is 0.320 e. The van der Waals surface area contributed by atoms with E-state index in [2.05, 4.69) is 15.6 Å². The molecule has 0 radical (unpaired) electrons. The van der Waals surface area contributed by atoms with Crippen LogP contribution in [0.3, 0.4) is 0 Å². The predicted octanol–water partition coefficient (Wildman–Crippen LogP) is 2.40. The van der Waals surface area contributed by atoms with Crippen LogP contribution in [-0.4, -0.2) is 24.2 Å². The van der Waals surface area contributed by atoms with Crippen molar-refractivity contribution in [1.82, 2.24) is 10.3 Å². The molecule has 102 valence electrons. The van der Waals surface area contributed by atoms with E-state index in [0.717, 1.165) is 0 Å². The summed E-state index contributed by atoms with van der Waals surface area (Å²) in [5.41, 5.74) is 0. The van der Waals surface area contributed by atoms with Gasteiger partial charge in [0.1, 0.15) is 0 Å². The number of methoxy groups -OCH3 is 1. The van der Waals surface area contributed by atoms with Gasteiger partial charge < -0.3 is 10.1 Å². The van der Waals surface area contributed by atoms with Crippen LogP contribution >= 0.6 is 0 Å². The number of amides is 2. The third-order valence-electron chi connectivity index (χ3n) is 3.78. The average molecular weight is 261 g/mol. The molecule has 1 aromatic rings. The minimum atomic E-state index is -0.180. The second kappa shape index (κ2) is 5.07. The van der Waals surface area contributed by atoms with E-state index in [1.54, 1.807) is 25.4 Å². The van der Waals surface area contributed by atoms with Crippen molar-refractivity contribution in [2.24, 2.45) is 11.8 Å². The van der Waals surface area contributed by atoms with Gasteiger partial charge in [-0.15, -0.1) is 0 Å². The van der Waals surface area contributed by atoms with E-state index in [0.29, 0.717) is 29.4 Å². The van der Waals surface area contributed by atoms with E-state index in [4.69, 9.17) is 4.74 Å². The van der Waals surface area contributed by atoms with Crippen LogP contribution in [0.2, 0.25) is 0 Å². The summed E-state index contributed by atoms with van der Waals surface area (Å²) in [6.45, 7) is 0. The fraction of sp³-hybridized carbons (Fsp3) is 0.571. The number of carbonyl (C=O) groups excluding carboxylic acids is 1. The molecule has 1 heterocycles. The number of nitrogens with one attached hydrogen (secondary N) is 2. The highest BCUT2D eigenvalue weighted by Gasteiger charge is 2.42. The van der Waals surface area contributed by atoms with Gasteiger partial charge in [-0.25, -0.2) is 9.78 Å². The highest BCUT2D eigenvalue weighted by Crippen LogP contribution is 2.44. The molecule has 0 bridgehead atoms. The van der Waals surface area contributed by atoms with Crippen LogP contribution in [0.5, 0.6) is 5.75 Å². The topological polar surface area (TPSA) is 63.2 Å². The number of pyridine rings is 1. The van der Waals surface area contributed by atoms with Gasteiger partial charge in [0.15, 0.2) is 11.6 Å². The molecule has 5 heteroatoms.